The van der Waals surface area contributed by atoms with Gasteiger partial charge < -0.3 is 20.6 Å². The van der Waals surface area contributed by atoms with Gasteiger partial charge in [-0.3, -0.25) is 4.79 Å². The second-order valence-corrected chi connectivity index (χ2v) is 4.42. The number of aliphatic carboxylic acids is 1. The fourth-order valence-corrected chi connectivity index (χ4v) is 2.00. The summed E-state index contributed by atoms with van der Waals surface area (Å²) in [6, 6.07) is -0.714. The van der Waals surface area contributed by atoms with Gasteiger partial charge >= 0.3 is 5.97 Å². The molecule has 0 aromatic carbocycles. The summed E-state index contributed by atoms with van der Waals surface area (Å²) >= 11 is 0. The molecule has 1 aliphatic rings. The summed E-state index contributed by atoms with van der Waals surface area (Å²) in [5, 5.41) is 8.67. The van der Waals surface area contributed by atoms with Gasteiger partial charge in [0.2, 0.25) is 0 Å². The summed E-state index contributed by atoms with van der Waals surface area (Å²) in [7, 11) is 0. The largest absolute Gasteiger partial charge is 0.480 e. The lowest BCUT2D eigenvalue weighted by molar-refractivity contribution is -0.138. The van der Waals surface area contributed by atoms with Crippen molar-refractivity contribution in [2.75, 3.05) is 39.3 Å². The summed E-state index contributed by atoms with van der Waals surface area (Å²) in [6.45, 7) is 8.42. The molecule has 1 fully saturated rings. The summed E-state index contributed by atoms with van der Waals surface area (Å²) in [6.07, 6.45) is 1.74. The Labute approximate surface area is 97.2 Å². The normalized spacial score (nSPS) is 20.9. The average Bonchev–Trinajstić information content (AvgIpc) is 2.28. The minimum atomic E-state index is -0.899. The van der Waals surface area contributed by atoms with Crippen molar-refractivity contribution < 1.29 is 9.90 Å². The van der Waals surface area contributed by atoms with Gasteiger partial charge in [0, 0.05) is 32.7 Å². The average molecular weight is 229 g/mol. The molecular weight excluding hydrogens is 206 g/mol. The standard InChI is InChI=1S/C11H23N3O2/c1-2-4-13-6-8-14(9-7-13)5-3-10(12)11(15)16/h10H,2-9,12H2,1H3,(H,15,16). The summed E-state index contributed by atoms with van der Waals surface area (Å²) in [5.74, 6) is -0.899. The Morgan fingerprint density at radius 1 is 1.25 bits per heavy atom. The van der Waals surface area contributed by atoms with Crippen LogP contribution < -0.4 is 5.73 Å². The van der Waals surface area contributed by atoms with E-state index in [4.69, 9.17) is 10.8 Å². The Morgan fingerprint density at radius 3 is 2.19 bits per heavy atom. The minimum absolute atomic E-state index is 0.545. The van der Waals surface area contributed by atoms with Crippen molar-refractivity contribution in [1.29, 1.82) is 0 Å². The number of rotatable bonds is 6. The first kappa shape index (κ1) is 13.4. The predicted octanol–water partition coefficient (Wildman–Crippen LogP) is -0.184. The Balaban J connectivity index is 2.14. The van der Waals surface area contributed by atoms with Crippen molar-refractivity contribution in [1.82, 2.24) is 9.80 Å². The fourth-order valence-electron chi connectivity index (χ4n) is 2.00. The highest BCUT2D eigenvalue weighted by Crippen LogP contribution is 2.03. The van der Waals surface area contributed by atoms with Gasteiger partial charge in [0.1, 0.15) is 6.04 Å². The molecule has 5 heteroatoms. The quantitative estimate of drug-likeness (QED) is 0.661. The number of nitrogens with two attached hydrogens (primary N) is 1. The van der Waals surface area contributed by atoms with Gasteiger partial charge in [-0.1, -0.05) is 6.92 Å². The molecule has 16 heavy (non-hydrogen) atoms. The summed E-state index contributed by atoms with van der Waals surface area (Å²) in [4.78, 5) is 15.3. The molecule has 1 saturated heterocycles. The van der Waals surface area contributed by atoms with E-state index in [2.05, 4.69) is 16.7 Å². The number of carboxylic acids is 1. The number of hydrogen-bond acceptors (Lipinski definition) is 4. The second-order valence-electron chi connectivity index (χ2n) is 4.42. The number of carboxylic acid groups (broad SMARTS) is 1. The number of nitrogens with zero attached hydrogens (tertiary/aromatic N) is 2. The van der Waals surface area contributed by atoms with Crippen LogP contribution in [0.1, 0.15) is 19.8 Å². The van der Waals surface area contributed by atoms with Gasteiger partial charge in [0.05, 0.1) is 0 Å². The highest BCUT2D eigenvalue weighted by atomic mass is 16.4. The Bertz CT molecular complexity index is 215. The zero-order valence-corrected chi connectivity index (χ0v) is 10.1. The van der Waals surface area contributed by atoms with Gasteiger partial charge in [0.25, 0.3) is 0 Å². The molecule has 1 unspecified atom stereocenters. The Morgan fingerprint density at radius 2 is 1.75 bits per heavy atom. The lowest BCUT2D eigenvalue weighted by atomic mass is 10.2. The Hall–Kier alpha value is -0.650. The van der Waals surface area contributed by atoms with Crippen molar-refractivity contribution >= 4 is 5.97 Å². The van der Waals surface area contributed by atoms with Crippen molar-refractivity contribution in [3.63, 3.8) is 0 Å². The second kappa shape index (κ2) is 6.83. The monoisotopic (exact) mass is 229 g/mol. The summed E-state index contributed by atoms with van der Waals surface area (Å²) in [5.41, 5.74) is 5.47. The molecule has 1 aliphatic heterocycles. The highest BCUT2D eigenvalue weighted by Gasteiger charge is 2.18. The molecule has 1 heterocycles. The maximum atomic E-state index is 10.6. The number of carbonyl (C=O) groups is 1. The van der Waals surface area contributed by atoms with E-state index in [-0.39, 0.29) is 0 Å². The van der Waals surface area contributed by atoms with Crippen molar-refractivity contribution in [2.45, 2.75) is 25.8 Å². The van der Waals surface area contributed by atoms with E-state index in [0.717, 1.165) is 32.7 Å². The molecule has 0 radical (unpaired) electrons. The number of hydrogen-bond donors (Lipinski definition) is 2. The lowest BCUT2D eigenvalue weighted by Crippen LogP contribution is -2.47. The van der Waals surface area contributed by atoms with Crippen LogP contribution >= 0.6 is 0 Å². The first-order valence-electron chi connectivity index (χ1n) is 6.06. The van der Waals surface area contributed by atoms with Crippen molar-refractivity contribution in [3.8, 4) is 0 Å². The maximum Gasteiger partial charge on any atom is 0.320 e. The Kier molecular flexibility index (Phi) is 5.73. The molecule has 0 saturated carbocycles. The molecule has 0 aromatic heterocycles. The van der Waals surface area contributed by atoms with E-state index in [1.807, 2.05) is 0 Å². The van der Waals surface area contributed by atoms with E-state index in [0.29, 0.717) is 6.42 Å². The van der Waals surface area contributed by atoms with Gasteiger partial charge in [-0.2, -0.15) is 0 Å². The van der Waals surface area contributed by atoms with Crippen LogP contribution in [0.15, 0.2) is 0 Å². The molecule has 0 spiro atoms. The lowest BCUT2D eigenvalue weighted by Gasteiger charge is -2.34. The van der Waals surface area contributed by atoms with Crippen LogP contribution in [0.5, 0.6) is 0 Å². The van der Waals surface area contributed by atoms with Crippen LogP contribution in [0.2, 0.25) is 0 Å². The fraction of sp³-hybridized carbons (Fsp3) is 0.909. The van der Waals surface area contributed by atoms with E-state index in [1.165, 1.54) is 13.0 Å². The zero-order valence-electron chi connectivity index (χ0n) is 10.1. The van der Waals surface area contributed by atoms with Crippen molar-refractivity contribution in [2.24, 2.45) is 5.73 Å². The maximum absolute atomic E-state index is 10.6. The topological polar surface area (TPSA) is 69.8 Å². The van der Waals surface area contributed by atoms with E-state index >= 15 is 0 Å². The van der Waals surface area contributed by atoms with Crippen LogP contribution in [0.4, 0.5) is 0 Å². The zero-order chi connectivity index (χ0) is 12.0. The molecular formula is C11H23N3O2. The minimum Gasteiger partial charge on any atom is -0.480 e. The van der Waals surface area contributed by atoms with Gasteiger partial charge in [0.15, 0.2) is 0 Å². The predicted molar refractivity (Wildman–Crippen MR) is 63.4 cm³/mol. The molecule has 0 bridgehead atoms. The third-order valence-electron chi connectivity index (χ3n) is 3.08. The molecule has 94 valence electrons. The molecule has 0 aliphatic carbocycles. The third kappa shape index (κ3) is 4.47. The summed E-state index contributed by atoms with van der Waals surface area (Å²) < 4.78 is 0. The van der Waals surface area contributed by atoms with E-state index < -0.39 is 12.0 Å². The van der Waals surface area contributed by atoms with Crippen LogP contribution in [-0.2, 0) is 4.79 Å². The molecule has 1 atom stereocenters. The van der Waals surface area contributed by atoms with Crippen LogP contribution in [0.25, 0.3) is 0 Å². The van der Waals surface area contributed by atoms with Gasteiger partial charge in [-0.05, 0) is 19.4 Å². The SMILES string of the molecule is CCCN1CCN(CCC(N)C(=O)O)CC1. The highest BCUT2D eigenvalue weighted by molar-refractivity contribution is 5.72. The third-order valence-corrected chi connectivity index (χ3v) is 3.08. The molecule has 0 aromatic rings. The molecule has 1 rings (SSSR count). The molecule has 5 nitrogen and oxygen atoms in total. The molecule has 0 amide bonds. The van der Waals surface area contributed by atoms with Crippen LogP contribution in [0, 0.1) is 0 Å². The smallest absolute Gasteiger partial charge is 0.320 e. The van der Waals surface area contributed by atoms with Crippen LogP contribution in [-0.4, -0.2) is 66.2 Å². The molecule has 3 N–H and O–H groups in total. The first-order valence-corrected chi connectivity index (χ1v) is 6.06. The van der Waals surface area contributed by atoms with Gasteiger partial charge in [-0.25, -0.2) is 0 Å². The van der Waals surface area contributed by atoms with E-state index in [1.54, 1.807) is 0 Å². The van der Waals surface area contributed by atoms with Crippen LogP contribution in [0.3, 0.4) is 0 Å². The first-order chi connectivity index (χ1) is 7.63. The van der Waals surface area contributed by atoms with Crippen molar-refractivity contribution in [3.05, 3.63) is 0 Å². The van der Waals surface area contributed by atoms with E-state index in [9.17, 15) is 4.79 Å². The van der Waals surface area contributed by atoms with Gasteiger partial charge in [-0.15, -0.1) is 0 Å². The number of piperazine rings is 1.